The van der Waals surface area contributed by atoms with Crippen molar-refractivity contribution in [2.24, 2.45) is 0 Å². The Bertz CT molecular complexity index is 373. The third kappa shape index (κ3) is 3.21. The highest BCUT2D eigenvalue weighted by molar-refractivity contribution is 7.10. The fourth-order valence-corrected chi connectivity index (χ4v) is 2.19. The minimum atomic E-state index is 1.14. The summed E-state index contributed by atoms with van der Waals surface area (Å²) < 4.78 is 0. The zero-order valence-corrected chi connectivity index (χ0v) is 10.5. The van der Waals surface area contributed by atoms with Crippen LogP contribution in [0.5, 0.6) is 0 Å². The second-order valence-electron chi connectivity index (χ2n) is 3.02. The number of hydrogen-bond donors (Lipinski definition) is 0. The third-order valence-electron chi connectivity index (χ3n) is 2.11. The van der Waals surface area contributed by atoms with Crippen molar-refractivity contribution in [3.05, 3.63) is 46.7 Å². The molecule has 1 aromatic carbocycles. The molecule has 80 valence electrons. The minimum Gasteiger partial charge on any atom is -0.148 e. The van der Waals surface area contributed by atoms with E-state index in [1.807, 2.05) is 25.2 Å². The molecule has 2 rings (SSSR count). The quantitative estimate of drug-likeness (QED) is 0.665. The summed E-state index contributed by atoms with van der Waals surface area (Å²) >= 11 is 1.84. The molecule has 0 spiro atoms. The molecule has 0 N–H and O–H groups in total. The summed E-state index contributed by atoms with van der Waals surface area (Å²) in [6, 6.07) is 12.8. The largest absolute Gasteiger partial charge is 0.148 e. The highest BCUT2D eigenvalue weighted by Crippen LogP contribution is 2.25. The van der Waals surface area contributed by atoms with Gasteiger partial charge in [0.1, 0.15) is 0 Å². The van der Waals surface area contributed by atoms with E-state index in [-0.39, 0.29) is 0 Å². The molecular weight excluding hydrogens is 200 g/mol. The Kier molecular flexibility index (Phi) is 5.13. The average Bonchev–Trinajstić information content (AvgIpc) is 2.81. The van der Waals surface area contributed by atoms with Crippen LogP contribution in [0.1, 0.15) is 25.6 Å². The lowest BCUT2D eigenvalue weighted by molar-refractivity contribution is 1.19. The van der Waals surface area contributed by atoms with E-state index < -0.39 is 0 Å². The maximum absolute atomic E-state index is 2.28. The molecule has 0 saturated carbocycles. The predicted octanol–water partition coefficient (Wildman–Crippen LogP) is 5.00. The zero-order valence-electron chi connectivity index (χ0n) is 9.66. The Morgan fingerprint density at radius 2 is 1.67 bits per heavy atom. The van der Waals surface area contributed by atoms with Crippen LogP contribution in [0.4, 0.5) is 0 Å². The van der Waals surface area contributed by atoms with Crippen molar-refractivity contribution in [3.63, 3.8) is 0 Å². The Hall–Kier alpha value is -1.08. The fourth-order valence-electron chi connectivity index (χ4n) is 1.35. The van der Waals surface area contributed by atoms with E-state index >= 15 is 0 Å². The van der Waals surface area contributed by atoms with Crippen LogP contribution in [0.15, 0.2) is 41.8 Å². The fraction of sp³-hybridized carbons (Fsp3) is 0.286. The van der Waals surface area contributed by atoms with Crippen LogP contribution in [-0.4, -0.2) is 0 Å². The molecule has 0 aliphatic carbocycles. The van der Waals surface area contributed by atoms with Crippen molar-refractivity contribution in [1.82, 2.24) is 0 Å². The van der Waals surface area contributed by atoms with Crippen LogP contribution >= 0.6 is 11.3 Å². The van der Waals surface area contributed by atoms with Crippen molar-refractivity contribution >= 4 is 11.3 Å². The zero-order chi connectivity index (χ0) is 11.1. The lowest BCUT2D eigenvalue weighted by Gasteiger charge is -1.94. The van der Waals surface area contributed by atoms with Crippen molar-refractivity contribution in [2.75, 3.05) is 0 Å². The second-order valence-corrected chi connectivity index (χ2v) is 4.02. The van der Waals surface area contributed by atoms with Crippen molar-refractivity contribution in [1.29, 1.82) is 0 Å². The van der Waals surface area contributed by atoms with Gasteiger partial charge in [0, 0.05) is 4.88 Å². The lowest BCUT2D eigenvalue weighted by atomic mass is 10.1. The van der Waals surface area contributed by atoms with E-state index in [1.165, 1.54) is 16.0 Å². The Labute approximate surface area is 96.6 Å². The third-order valence-corrected chi connectivity index (χ3v) is 3.19. The Balaban J connectivity index is 0.000000531. The second kappa shape index (κ2) is 6.41. The summed E-state index contributed by atoms with van der Waals surface area (Å²) in [6.45, 7) is 6.20. The average molecular weight is 218 g/mol. The van der Waals surface area contributed by atoms with E-state index in [4.69, 9.17) is 0 Å². The van der Waals surface area contributed by atoms with Gasteiger partial charge >= 0.3 is 0 Å². The smallest absolute Gasteiger partial charge is 0.00488 e. The molecule has 0 fully saturated rings. The monoisotopic (exact) mass is 218 g/mol. The molecule has 0 saturated heterocycles. The first-order chi connectivity index (χ1) is 7.40. The molecule has 0 radical (unpaired) electrons. The number of benzene rings is 1. The predicted molar refractivity (Wildman–Crippen MR) is 70.5 cm³/mol. The highest BCUT2D eigenvalue weighted by atomic mass is 32.1. The highest BCUT2D eigenvalue weighted by Gasteiger charge is 1.99. The van der Waals surface area contributed by atoms with E-state index in [2.05, 4.69) is 48.7 Å². The molecule has 0 aliphatic rings. The van der Waals surface area contributed by atoms with Gasteiger partial charge in [-0.3, -0.25) is 0 Å². The van der Waals surface area contributed by atoms with Crippen LogP contribution in [0.2, 0.25) is 0 Å². The molecule has 1 heterocycles. The summed E-state index contributed by atoms with van der Waals surface area (Å²) in [5.41, 5.74) is 2.67. The molecule has 0 amide bonds. The van der Waals surface area contributed by atoms with Gasteiger partial charge < -0.3 is 0 Å². The van der Waals surface area contributed by atoms with E-state index in [0.29, 0.717) is 0 Å². The molecular formula is C14H18S. The Morgan fingerprint density at radius 3 is 2.20 bits per heavy atom. The molecule has 1 aromatic heterocycles. The van der Waals surface area contributed by atoms with E-state index in [0.717, 1.165) is 6.42 Å². The van der Waals surface area contributed by atoms with E-state index in [9.17, 15) is 0 Å². The van der Waals surface area contributed by atoms with Gasteiger partial charge in [-0.1, -0.05) is 51.1 Å². The summed E-state index contributed by atoms with van der Waals surface area (Å²) in [6.07, 6.45) is 1.14. The normalized spacial score (nSPS) is 9.27. The molecule has 1 heteroatoms. The van der Waals surface area contributed by atoms with Gasteiger partial charge in [-0.15, -0.1) is 11.3 Å². The minimum absolute atomic E-state index is 1.14. The van der Waals surface area contributed by atoms with Crippen LogP contribution in [-0.2, 0) is 6.42 Å². The molecule has 15 heavy (non-hydrogen) atoms. The standard InChI is InChI=1S/C12H12S.C2H6/c1-2-12-8-11(9-13-12)10-6-4-3-5-7-10;1-2/h3-9H,2H2,1H3;1-2H3. The van der Waals surface area contributed by atoms with Gasteiger partial charge in [-0.2, -0.15) is 0 Å². The van der Waals surface area contributed by atoms with Crippen LogP contribution in [0, 0.1) is 0 Å². The number of aryl methyl sites for hydroxylation is 1. The summed E-state index contributed by atoms with van der Waals surface area (Å²) in [7, 11) is 0. The van der Waals surface area contributed by atoms with Crippen LogP contribution in [0.3, 0.4) is 0 Å². The molecule has 0 aliphatic heterocycles. The first-order valence-electron chi connectivity index (χ1n) is 5.53. The SMILES string of the molecule is CC.CCc1cc(-c2ccccc2)cs1. The maximum Gasteiger partial charge on any atom is 0.00488 e. The summed E-state index contributed by atoms with van der Waals surface area (Å²) in [5, 5.41) is 2.23. The molecule has 2 aromatic rings. The van der Waals surface area contributed by atoms with Crippen LogP contribution in [0.25, 0.3) is 11.1 Å². The van der Waals surface area contributed by atoms with Gasteiger partial charge in [0.25, 0.3) is 0 Å². The summed E-state index contributed by atoms with van der Waals surface area (Å²) in [4.78, 5) is 1.46. The van der Waals surface area contributed by atoms with Gasteiger partial charge in [0.2, 0.25) is 0 Å². The molecule has 0 unspecified atom stereocenters. The van der Waals surface area contributed by atoms with E-state index in [1.54, 1.807) is 0 Å². The molecule has 0 atom stereocenters. The van der Waals surface area contributed by atoms with Gasteiger partial charge in [0.15, 0.2) is 0 Å². The lowest BCUT2D eigenvalue weighted by Crippen LogP contribution is -1.71. The number of thiophene rings is 1. The van der Waals surface area contributed by atoms with Crippen molar-refractivity contribution in [2.45, 2.75) is 27.2 Å². The Morgan fingerprint density at radius 1 is 1.00 bits per heavy atom. The van der Waals surface area contributed by atoms with Crippen molar-refractivity contribution in [3.8, 4) is 11.1 Å². The van der Waals surface area contributed by atoms with Gasteiger partial charge in [-0.05, 0) is 29.0 Å². The van der Waals surface area contributed by atoms with Crippen LogP contribution < -0.4 is 0 Å². The number of hydrogen-bond acceptors (Lipinski definition) is 1. The topological polar surface area (TPSA) is 0 Å². The van der Waals surface area contributed by atoms with Gasteiger partial charge in [-0.25, -0.2) is 0 Å². The number of rotatable bonds is 2. The van der Waals surface area contributed by atoms with Crippen molar-refractivity contribution < 1.29 is 0 Å². The molecule has 0 bridgehead atoms. The first kappa shape index (κ1) is 12.0. The molecule has 0 nitrogen and oxygen atoms in total. The van der Waals surface area contributed by atoms with Gasteiger partial charge in [0.05, 0.1) is 0 Å². The maximum atomic E-state index is 2.28. The first-order valence-corrected chi connectivity index (χ1v) is 6.41. The summed E-state index contributed by atoms with van der Waals surface area (Å²) in [5.74, 6) is 0.